The van der Waals surface area contributed by atoms with Gasteiger partial charge in [-0.2, -0.15) is 0 Å². The summed E-state index contributed by atoms with van der Waals surface area (Å²) in [6, 6.07) is 7.90. The zero-order valence-corrected chi connectivity index (χ0v) is 10.4. The summed E-state index contributed by atoms with van der Waals surface area (Å²) in [5.41, 5.74) is -1.46. The van der Waals surface area contributed by atoms with Crippen LogP contribution in [-0.4, -0.2) is 10.5 Å². The van der Waals surface area contributed by atoms with Gasteiger partial charge >= 0.3 is 5.63 Å². The summed E-state index contributed by atoms with van der Waals surface area (Å²) in [7, 11) is 1.56. The van der Waals surface area contributed by atoms with Crippen molar-refractivity contribution in [3.05, 3.63) is 56.7 Å². The smallest absolute Gasteiger partial charge is 0.345 e. The predicted octanol–water partition coefficient (Wildman–Crippen LogP) is 0.00840. The molecular weight excluding hydrogens is 262 g/mol. The summed E-state index contributed by atoms with van der Waals surface area (Å²) in [6.07, 6.45) is 0. The third kappa shape index (κ3) is 1.55. The molecule has 0 aliphatic carbocycles. The van der Waals surface area contributed by atoms with Crippen LogP contribution in [0.15, 0.2) is 44.3 Å². The lowest BCUT2D eigenvalue weighted by molar-refractivity contribution is -0.255. The number of benzene rings is 1. The number of carbonyl (C=O) groups excluding carboxylic acids is 1. The Morgan fingerprint density at radius 3 is 2.60 bits per heavy atom. The molecule has 0 atom stereocenters. The van der Waals surface area contributed by atoms with Crippen LogP contribution in [0.25, 0.3) is 21.9 Å². The zero-order valence-electron chi connectivity index (χ0n) is 10.4. The monoisotopic (exact) mass is 270 g/mol. The first-order valence-electron chi connectivity index (χ1n) is 5.77. The Bertz CT molecular complexity index is 980. The predicted molar refractivity (Wildman–Crippen MR) is 69.6 cm³/mol. The maximum atomic E-state index is 12.2. The summed E-state index contributed by atoms with van der Waals surface area (Å²) < 4.78 is 6.39. The van der Waals surface area contributed by atoms with Gasteiger partial charge in [-0.3, -0.25) is 4.79 Å². The van der Waals surface area contributed by atoms with Crippen LogP contribution in [0.5, 0.6) is 0 Å². The lowest BCUT2D eigenvalue weighted by atomic mass is 10.1. The fourth-order valence-corrected chi connectivity index (χ4v) is 2.22. The Labute approximate surface area is 111 Å². The molecule has 0 aliphatic heterocycles. The van der Waals surface area contributed by atoms with Crippen molar-refractivity contribution in [2.75, 3.05) is 0 Å². The minimum atomic E-state index is -1.67. The molecule has 0 saturated heterocycles. The fourth-order valence-electron chi connectivity index (χ4n) is 2.22. The normalized spacial score (nSPS) is 11.1. The number of pyridine rings is 1. The number of carboxylic acids is 1. The minimum absolute atomic E-state index is 0.0324. The molecule has 3 aromatic rings. The van der Waals surface area contributed by atoms with Crippen LogP contribution in [0.2, 0.25) is 0 Å². The molecule has 0 amide bonds. The van der Waals surface area contributed by atoms with Crippen molar-refractivity contribution in [2.45, 2.75) is 0 Å². The Balaban J connectivity index is 2.65. The van der Waals surface area contributed by atoms with Crippen molar-refractivity contribution in [2.24, 2.45) is 7.05 Å². The van der Waals surface area contributed by atoms with Crippen LogP contribution in [0.1, 0.15) is 10.4 Å². The van der Waals surface area contributed by atoms with E-state index >= 15 is 0 Å². The molecule has 6 nitrogen and oxygen atoms in total. The molecule has 2 heterocycles. The SMILES string of the molecule is Cn1c(=O)c2cc(C(=O)[O-])c(=O)oc2c2ccccc21. The number of nitrogens with zero attached hydrogens (tertiary/aromatic N) is 1. The van der Waals surface area contributed by atoms with Crippen molar-refractivity contribution in [3.8, 4) is 0 Å². The summed E-state index contributed by atoms with van der Waals surface area (Å²) in [5, 5.41) is 11.4. The lowest BCUT2D eigenvalue weighted by Gasteiger charge is -2.08. The number of carbonyl (C=O) groups is 1. The highest BCUT2D eigenvalue weighted by Gasteiger charge is 2.14. The van der Waals surface area contributed by atoms with E-state index in [1.54, 1.807) is 31.3 Å². The van der Waals surface area contributed by atoms with Crippen molar-refractivity contribution in [1.82, 2.24) is 4.57 Å². The van der Waals surface area contributed by atoms with E-state index in [0.29, 0.717) is 10.9 Å². The highest BCUT2D eigenvalue weighted by Crippen LogP contribution is 2.21. The van der Waals surface area contributed by atoms with E-state index in [2.05, 4.69) is 0 Å². The van der Waals surface area contributed by atoms with Crippen LogP contribution < -0.4 is 16.3 Å². The number of fused-ring (bicyclic) bond motifs is 3. The van der Waals surface area contributed by atoms with Gasteiger partial charge in [-0.05, 0) is 18.2 Å². The van der Waals surface area contributed by atoms with Gasteiger partial charge in [-0.15, -0.1) is 0 Å². The average Bonchev–Trinajstić information content (AvgIpc) is 2.44. The van der Waals surface area contributed by atoms with Gasteiger partial charge in [0.2, 0.25) is 0 Å². The molecule has 6 heteroatoms. The number of hydrogen-bond donors (Lipinski definition) is 0. The Morgan fingerprint density at radius 2 is 1.90 bits per heavy atom. The molecule has 2 aromatic heterocycles. The number of aromatic carboxylic acids is 1. The first-order chi connectivity index (χ1) is 9.50. The van der Waals surface area contributed by atoms with Gasteiger partial charge < -0.3 is 18.9 Å². The second-order valence-electron chi connectivity index (χ2n) is 4.36. The molecule has 0 bridgehead atoms. The quantitative estimate of drug-likeness (QED) is 0.581. The average molecular weight is 270 g/mol. The molecule has 0 unspecified atom stereocenters. The molecule has 0 saturated carbocycles. The molecule has 0 fully saturated rings. The molecule has 1 aromatic carbocycles. The highest BCUT2D eigenvalue weighted by atomic mass is 16.4. The van der Waals surface area contributed by atoms with Gasteiger partial charge in [0.1, 0.15) is 0 Å². The molecule has 0 aliphatic rings. The number of para-hydroxylation sites is 1. The number of carboxylic acid groups (broad SMARTS) is 1. The second-order valence-corrected chi connectivity index (χ2v) is 4.36. The number of rotatable bonds is 1. The minimum Gasteiger partial charge on any atom is -0.545 e. The maximum absolute atomic E-state index is 12.2. The summed E-state index contributed by atoms with van der Waals surface area (Å²) in [5.74, 6) is -1.67. The number of aryl methyl sites for hydroxylation is 1. The maximum Gasteiger partial charge on any atom is 0.345 e. The van der Waals surface area contributed by atoms with E-state index in [9.17, 15) is 19.5 Å². The molecule has 20 heavy (non-hydrogen) atoms. The van der Waals surface area contributed by atoms with Crippen LogP contribution in [0.3, 0.4) is 0 Å². The Morgan fingerprint density at radius 1 is 1.20 bits per heavy atom. The van der Waals surface area contributed by atoms with E-state index in [1.807, 2.05) is 0 Å². The van der Waals surface area contributed by atoms with Crippen molar-refractivity contribution < 1.29 is 14.3 Å². The van der Waals surface area contributed by atoms with E-state index in [-0.39, 0.29) is 11.0 Å². The molecule has 100 valence electrons. The van der Waals surface area contributed by atoms with Gasteiger partial charge in [0, 0.05) is 12.4 Å². The molecule has 0 spiro atoms. The van der Waals surface area contributed by atoms with Crippen LogP contribution in [0, 0.1) is 0 Å². The van der Waals surface area contributed by atoms with Gasteiger partial charge in [0.05, 0.1) is 22.4 Å². The molecule has 3 rings (SSSR count). The molecule has 0 N–H and O–H groups in total. The second kappa shape index (κ2) is 4.06. The van der Waals surface area contributed by atoms with Gasteiger partial charge in [0.25, 0.3) is 5.56 Å². The third-order valence-corrected chi connectivity index (χ3v) is 3.21. The fraction of sp³-hybridized carbons (Fsp3) is 0.0714. The summed E-state index contributed by atoms with van der Waals surface area (Å²) in [6.45, 7) is 0. The first kappa shape index (κ1) is 12.2. The van der Waals surface area contributed by atoms with Gasteiger partial charge in [-0.25, -0.2) is 4.79 Å². The van der Waals surface area contributed by atoms with Crippen molar-refractivity contribution >= 4 is 27.8 Å². The van der Waals surface area contributed by atoms with Crippen molar-refractivity contribution in [3.63, 3.8) is 0 Å². The van der Waals surface area contributed by atoms with Crippen LogP contribution in [-0.2, 0) is 7.05 Å². The lowest BCUT2D eigenvalue weighted by Crippen LogP contribution is -2.29. The van der Waals surface area contributed by atoms with Crippen LogP contribution >= 0.6 is 0 Å². The Kier molecular flexibility index (Phi) is 2.47. The zero-order chi connectivity index (χ0) is 14.4. The summed E-state index contributed by atoms with van der Waals surface area (Å²) >= 11 is 0. The topological polar surface area (TPSA) is 92.3 Å². The van der Waals surface area contributed by atoms with Crippen LogP contribution in [0.4, 0.5) is 0 Å². The standard InChI is InChI=1S/C14H9NO5/c1-15-10-5-3-2-4-7(10)11-8(12(15)16)6-9(13(17)18)14(19)20-11/h2-6H,1H3,(H,17,18)/p-1. The van der Waals surface area contributed by atoms with E-state index < -0.39 is 22.7 Å². The van der Waals surface area contributed by atoms with Crippen molar-refractivity contribution in [1.29, 1.82) is 0 Å². The van der Waals surface area contributed by atoms with Gasteiger partial charge in [0.15, 0.2) is 5.58 Å². The van der Waals surface area contributed by atoms with E-state index in [1.165, 1.54) is 4.57 Å². The number of hydrogen-bond acceptors (Lipinski definition) is 5. The number of aromatic nitrogens is 1. The van der Waals surface area contributed by atoms with E-state index in [0.717, 1.165) is 6.07 Å². The highest BCUT2D eigenvalue weighted by molar-refractivity contribution is 6.03. The van der Waals surface area contributed by atoms with Gasteiger partial charge in [-0.1, -0.05) is 12.1 Å². The molecular formula is C14H8NO5-. The largest absolute Gasteiger partial charge is 0.545 e. The van der Waals surface area contributed by atoms with E-state index in [4.69, 9.17) is 4.42 Å². The first-order valence-corrected chi connectivity index (χ1v) is 5.77. The molecule has 0 radical (unpaired) electrons. The third-order valence-electron chi connectivity index (χ3n) is 3.21. The summed E-state index contributed by atoms with van der Waals surface area (Å²) in [4.78, 5) is 34.7. The Hall–Kier alpha value is -2.89.